The standard InChI is InChI=1S/C9H5FNS/c10-8-4-2-1-3-7(8)9-5-12-6-11-9/h1,3-6H. The molecule has 0 atom stereocenters. The lowest BCUT2D eigenvalue weighted by molar-refractivity contribution is 0.630. The summed E-state index contributed by atoms with van der Waals surface area (Å²) in [5.74, 6) is -0.275. The Morgan fingerprint density at radius 2 is 2.42 bits per heavy atom. The highest BCUT2D eigenvalue weighted by Gasteiger charge is 2.04. The van der Waals surface area contributed by atoms with Gasteiger partial charge in [0.15, 0.2) is 0 Å². The van der Waals surface area contributed by atoms with Gasteiger partial charge in [-0.15, -0.1) is 11.3 Å². The van der Waals surface area contributed by atoms with Gasteiger partial charge in [0.05, 0.1) is 11.2 Å². The minimum Gasteiger partial charge on any atom is -0.245 e. The molecule has 2 aromatic rings. The van der Waals surface area contributed by atoms with Crippen molar-refractivity contribution in [3.05, 3.63) is 41.0 Å². The monoisotopic (exact) mass is 178 g/mol. The van der Waals surface area contributed by atoms with Gasteiger partial charge in [-0.3, -0.25) is 0 Å². The molecule has 59 valence electrons. The van der Waals surface area contributed by atoms with Crippen LogP contribution in [0.1, 0.15) is 0 Å². The molecule has 0 saturated carbocycles. The molecule has 0 unspecified atom stereocenters. The van der Waals surface area contributed by atoms with Crippen molar-refractivity contribution in [2.24, 2.45) is 0 Å². The van der Waals surface area contributed by atoms with Crippen molar-refractivity contribution >= 4 is 11.3 Å². The molecular weight excluding hydrogens is 173 g/mol. The first-order valence-electron chi connectivity index (χ1n) is 3.42. The van der Waals surface area contributed by atoms with Crippen molar-refractivity contribution in [3.63, 3.8) is 0 Å². The summed E-state index contributed by atoms with van der Waals surface area (Å²) in [6.07, 6.45) is 0. The lowest BCUT2D eigenvalue weighted by atomic mass is 10.2. The van der Waals surface area contributed by atoms with Gasteiger partial charge < -0.3 is 0 Å². The van der Waals surface area contributed by atoms with Gasteiger partial charge in [0.2, 0.25) is 0 Å². The van der Waals surface area contributed by atoms with Gasteiger partial charge in [0.25, 0.3) is 0 Å². The molecule has 0 N–H and O–H groups in total. The fourth-order valence-corrected chi connectivity index (χ4v) is 1.52. The fraction of sp³-hybridized carbons (Fsp3) is 0. The molecule has 1 heterocycles. The molecule has 0 spiro atoms. The molecule has 1 aromatic carbocycles. The van der Waals surface area contributed by atoms with Crippen molar-refractivity contribution in [2.75, 3.05) is 0 Å². The molecule has 1 nitrogen and oxygen atoms in total. The number of hydrogen-bond donors (Lipinski definition) is 0. The van der Waals surface area contributed by atoms with Crippen molar-refractivity contribution in [1.82, 2.24) is 4.98 Å². The summed E-state index contributed by atoms with van der Waals surface area (Å²) in [7, 11) is 0. The Morgan fingerprint density at radius 1 is 1.50 bits per heavy atom. The molecular formula is C9H5FNS. The molecule has 1 aromatic heterocycles. The molecule has 0 fully saturated rings. The normalized spacial score (nSPS) is 10.1. The van der Waals surface area contributed by atoms with Crippen LogP contribution in [-0.2, 0) is 0 Å². The van der Waals surface area contributed by atoms with Crippen LogP contribution in [0.4, 0.5) is 4.39 Å². The minimum absolute atomic E-state index is 0.275. The van der Waals surface area contributed by atoms with E-state index < -0.39 is 0 Å². The summed E-state index contributed by atoms with van der Waals surface area (Å²) >= 11 is 1.46. The van der Waals surface area contributed by atoms with E-state index >= 15 is 0 Å². The largest absolute Gasteiger partial charge is 0.245 e. The number of thiazole rings is 1. The summed E-state index contributed by atoms with van der Waals surface area (Å²) in [4.78, 5) is 4.01. The summed E-state index contributed by atoms with van der Waals surface area (Å²) in [5.41, 5.74) is 2.91. The zero-order chi connectivity index (χ0) is 8.39. The van der Waals surface area contributed by atoms with Crippen LogP contribution in [-0.4, -0.2) is 4.98 Å². The van der Waals surface area contributed by atoms with Crippen molar-refractivity contribution in [1.29, 1.82) is 0 Å². The molecule has 0 aliphatic rings. The predicted octanol–water partition coefficient (Wildman–Crippen LogP) is 2.75. The van der Waals surface area contributed by atoms with Gasteiger partial charge in [-0.05, 0) is 18.2 Å². The topological polar surface area (TPSA) is 12.9 Å². The molecule has 1 radical (unpaired) electrons. The zero-order valence-corrected chi connectivity index (χ0v) is 6.94. The van der Waals surface area contributed by atoms with E-state index in [-0.39, 0.29) is 5.82 Å². The van der Waals surface area contributed by atoms with Gasteiger partial charge in [-0.1, -0.05) is 6.07 Å². The van der Waals surface area contributed by atoms with Crippen LogP contribution in [0.25, 0.3) is 11.3 Å². The average molecular weight is 178 g/mol. The number of hydrogen-bond acceptors (Lipinski definition) is 2. The highest BCUT2D eigenvalue weighted by atomic mass is 32.1. The fourth-order valence-electron chi connectivity index (χ4n) is 0.963. The van der Waals surface area contributed by atoms with Crippen LogP contribution in [0, 0.1) is 11.9 Å². The van der Waals surface area contributed by atoms with Gasteiger partial charge >= 0.3 is 0 Å². The van der Waals surface area contributed by atoms with Crippen LogP contribution in [0.5, 0.6) is 0 Å². The number of aromatic nitrogens is 1. The molecule has 2 rings (SSSR count). The van der Waals surface area contributed by atoms with E-state index in [0.717, 1.165) is 0 Å². The van der Waals surface area contributed by atoms with E-state index in [1.807, 2.05) is 5.38 Å². The Hall–Kier alpha value is -1.22. The predicted molar refractivity (Wildman–Crippen MR) is 46.3 cm³/mol. The second kappa shape index (κ2) is 3.03. The minimum atomic E-state index is -0.275. The number of rotatable bonds is 1. The number of benzene rings is 1. The Balaban J connectivity index is 2.55. The van der Waals surface area contributed by atoms with Crippen LogP contribution in [0.2, 0.25) is 0 Å². The molecule has 0 bridgehead atoms. The molecule has 3 heteroatoms. The number of halogens is 1. The maximum absolute atomic E-state index is 13.1. The Labute approximate surface area is 73.5 Å². The van der Waals surface area contributed by atoms with Crippen LogP contribution >= 0.6 is 11.3 Å². The summed E-state index contributed by atoms with van der Waals surface area (Å²) in [5, 5.41) is 1.82. The van der Waals surface area contributed by atoms with E-state index in [1.165, 1.54) is 17.4 Å². The molecule has 0 saturated heterocycles. The quantitative estimate of drug-likeness (QED) is 0.654. The first-order chi connectivity index (χ1) is 5.88. The van der Waals surface area contributed by atoms with E-state index in [2.05, 4.69) is 11.1 Å². The lowest BCUT2D eigenvalue weighted by Gasteiger charge is -1.96. The van der Waals surface area contributed by atoms with Gasteiger partial charge in [-0.2, -0.15) is 0 Å². The van der Waals surface area contributed by atoms with Crippen LogP contribution in [0.3, 0.4) is 0 Å². The van der Waals surface area contributed by atoms with Crippen LogP contribution < -0.4 is 0 Å². The third-order valence-corrected chi connectivity index (χ3v) is 2.11. The van der Waals surface area contributed by atoms with E-state index in [0.29, 0.717) is 11.3 Å². The SMILES string of the molecule is Fc1c[c]ccc1-c1cscn1. The second-order valence-corrected chi connectivity index (χ2v) is 3.00. The Bertz CT molecular complexity index is 370. The highest BCUT2D eigenvalue weighted by molar-refractivity contribution is 7.07. The first kappa shape index (κ1) is 7.43. The molecule has 0 aliphatic heterocycles. The second-order valence-electron chi connectivity index (χ2n) is 2.28. The third-order valence-electron chi connectivity index (χ3n) is 1.52. The van der Waals surface area contributed by atoms with Crippen LogP contribution in [0.15, 0.2) is 29.1 Å². The average Bonchev–Trinajstić information content (AvgIpc) is 2.57. The third kappa shape index (κ3) is 1.23. The van der Waals surface area contributed by atoms with Gasteiger partial charge in [-0.25, -0.2) is 9.37 Å². The van der Waals surface area contributed by atoms with Crippen molar-refractivity contribution in [2.45, 2.75) is 0 Å². The summed E-state index contributed by atoms with van der Waals surface area (Å²) in [6, 6.07) is 7.33. The first-order valence-corrected chi connectivity index (χ1v) is 4.36. The lowest BCUT2D eigenvalue weighted by Crippen LogP contribution is -1.82. The van der Waals surface area contributed by atoms with E-state index in [9.17, 15) is 4.39 Å². The van der Waals surface area contributed by atoms with Crippen molar-refractivity contribution in [3.8, 4) is 11.3 Å². The van der Waals surface area contributed by atoms with E-state index in [4.69, 9.17) is 0 Å². The molecule has 0 aliphatic carbocycles. The maximum Gasteiger partial charge on any atom is 0.133 e. The smallest absolute Gasteiger partial charge is 0.133 e. The summed E-state index contributed by atoms with van der Waals surface area (Å²) < 4.78 is 13.1. The summed E-state index contributed by atoms with van der Waals surface area (Å²) in [6.45, 7) is 0. The van der Waals surface area contributed by atoms with Gasteiger partial charge in [0.1, 0.15) is 5.82 Å². The number of nitrogens with zero attached hydrogens (tertiary/aromatic N) is 1. The maximum atomic E-state index is 13.1. The van der Waals surface area contributed by atoms with Gasteiger partial charge in [0, 0.05) is 10.9 Å². The zero-order valence-electron chi connectivity index (χ0n) is 6.12. The molecule has 0 amide bonds. The Morgan fingerprint density at radius 3 is 3.08 bits per heavy atom. The highest BCUT2D eigenvalue weighted by Crippen LogP contribution is 2.21. The molecule has 12 heavy (non-hydrogen) atoms. The Kier molecular flexibility index (Phi) is 1.87. The van der Waals surface area contributed by atoms with E-state index in [1.54, 1.807) is 17.6 Å². The van der Waals surface area contributed by atoms with Crippen molar-refractivity contribution < 1.29 is 4.39 Å².